The van der Waals surface area contributed by atoms with Crippen LogP contribution in [0.2, 0.25) is 0 Å². The average molecular weight is 737 g/mol. The summed E-state index contributed by atoms with van der Waals surface area (Å²) in [6.45, 7) is 0. The molecule has 0 N–H and O–H groups in total. The van der Waals surface area contributed by atoms with E-state index in [1.165, 1.54) is 44.5 Å². The van der Waals surface area contributed by atoms with Crippen LogP contribution in [0.1, 0.15) is 22.3 Å². The Hall–Kier alpha value is -7.04. The molecule has 0 radical (unpaired) electrons. The molecule has 10 rings (SSSR count). The summed E-state index contributed by atoms with van der Waals surface area (Å²) in [6, 6.07) is 71.1. The molecule has 4 nitrogen and oxygen atoms in total. The Bertz CT molecular complexity index is 2360. The maximum Gasteiger partial charge on any atom is 0.0728 e. The van der Waals surface area contributed by atoms with Crippen LogP contribution in [0.4, 0.5) is 45.5 Å². The van der Waals surface area contributed by atoms with Gasteiger partial charge in [0.2, 0.25) is 0 Å². The summed E-state index contributed by atoms with van der Waals surface area (Å²) in [4.78, 5) is 9.23. The maximum absolute atomic E-state index is 2.46. The van der Waals surface area contributed by atoms with Crippen molar-refractivity contribution in [3.05, 3.63) is 216 Å². The standard InChI is InChI=1S/C53H44N4/c1-54(37-17-9-5-10-18-37)41-25-29-45-46-30-26-42(55(2)38-19-11-6-12-20-38)34-50(46)53(49(45)33-41)51-35-43(56(3)39-21-13-7-14-22-39)27-31-47(51)48-32-28-44(36-52(48)53)57(4)40-23-15-8-16-24-40/h5-36H,1-4H3. The Kier molecular flexibility index (Phi) is 8.23. The molecule has 276 valence electrons. The highest BCUT2D eigenvalue weighted by molar-refractivity contribution is 5.98. The van der Waals surface area contributed by atoms with E-state index in [1.54, 1.807) is 0 Å². The monoisotopic (exact) mass is 736 g/mol. The van der Waals surface area contributed by atoms with Gasteiger partial charge in [-0.25, -0.2) is 0 Å². The third kappa shape index (κ3) is 5.43. The van der Waals surface area contributed by atoms with E-state index in [0.717, 1.165) is 45.5 Å². The zero-order chi connectivity index (χ0) is 38.7. The molecule has 57 heavy (non-hydrogen) atoms. The molecular formula is C53H44N4. The molecule has 2 aliphatic carbocycles. The lowest BCUT2D eigenvalue weighted by Crippen LogP contribution is -2.27. The van der Waals surface area contributed by atoms with E-state index >= 15 is 0 Å². The molecular weight excluding hydrogens is 693 g/mol. The van der Waals surface area contributed by atoms with Crippen molar-refractivity contribution in [1.29, 1.82) is 0 Å². The molecule has 0 aromatic heterocycles. The van der Waals surface area contributed by atoms with Crippen molar-refractivity contribution in [2.24, 2.45) is 0 Å². The van der Waals surface area contributed by atoms with E-state index in [-0.39, 0.29) is 0 Å². The first-order valence-corrected chi connectivity index (χ1v) is 19.7. The number of rotatable bonds is 8. The highest BCUT2D eigenvalue weighted by atomic mass is 15.1. The van der Waals surface area contributed by atoms with Gasteiger partial charge in [0.1, 0.15) is 0 Å². The molecule has 0 fully saturated rings. The first-order valence-electron chi connectivity index (χ1n) is 19.7. The van der Waals surface area contributed by atoms with Crippen LogP contribution in [0.25, 0.3) is 22.3 Å². The normalized spacial score (nSPS) is 12.7. The number of hydrogen-bond acceptors (Lipinski definition) is 4. The first-order chi connectivity index (χ1) is 27.9. The maximum atomic E-state index is 2.46. The van der Waals surface area contributed by atoms with Gasteiger partial charge in [-0.15, -0.1) is 0 Å². The van der Waals surface area contributed by atoms with E-state index < -0.39 is 5.41 Å². The minimum absolute atomic E-state index is 0.600. The fourth-order valence-corrected chi connectivity index (χ4v) is 9.22. The molecule has 0 bridgehead atoms. The van der Waals surface area contributed by atoms with Crippen LogP contribution < -0.4 is 19.6 Å². The second-order valence-electron chi connectivity index (χ2n) is 15.2. The molecule has 0 unspecified atom stereocenters. The third-order valence-electron chi connectivity index (χ3n) is 12.3. The van der Waals surface area contributed by atoms with Gasteiger partial charge >= 0.3 is 0 Å². The van der Waals surface area contributed by atoms with Crippen LogP contribution in [0.5, 0.6) is 0 Å². The van der Waals surface area contributed by atoms with Crippen molar-refractivity contribution in [2.45, 2.75) is 5.41 Å². The van der Waals surface area contributed by atoms with Crippen LogP contribution >= 0.6 is 0 Å². The Morgan fingerprint density at radius 1 is 0.246 bits per heavy atom. The molecule has 0 saturated heterocycles. The number of anilines is 8. The van der Waals surface area contributed by atoms with Gasteiger partial charge in [-0.3, -0.25) is 0 Å². The van der Waals surface area contributed by atoms with Gasteiger partial charge in [-0.2, -0.15) is 0 Å². The molecule has 0 heterocycles. The molecule has 4 heteroatoms. The molecule has 8 aromatic carbocycles. The summed E-state index contributed by atoms with van der Waals surface area (Å²) in [5.41, 5.74) is 18.9. The largest absolute Gasteiger partial charge is 0.345 e. The number of para-hydroxylation sites is 4. The third-order valence-corrected chi connectivity index (χ3v) is 12.3. The zero-order valence-corrected chi connectivity index (χ0v) is 32.8. The summed E-state index contributed by atoms with van der Waals surface area (Å²) < 4.78 is 0. The van der Waals surface area contributed by atoms with Gasteiger partial charge < -0.3 is 19.6 Å². The minimum atomic E-state index is -0.600. The summed E-state index contributed by atoms with van der Waals surface area (Å²) in [6.07, 6.45) is 0. The SMILES string of the molecule is CN(c1ccccc1)c1ccc2c(c1)C1(c3cc(N(C)c4ccccc4)ccc3-2)c2cc(N(C)c3ccccc3)ccc2-c2ccc(N(C)c3ccccc3)cc21. The van der Waals surface area contributed by atoms with E-state index in [0.29, 0.717) is 0 Å². The van der Waals surface area contributed by atoms with Crippen molar-refractivity contribution in [2.75, 3.05) is 47.8 Å². The Morgan fingerprint density at radius 2 is 0.456 bits per heavy atom. The van der Waals surface area contributed by atoms with Crippen LogP contribution in [0.3, 0.4) is 0 Å². The Morgan fingerprint density at radius 3 is 0.667 bits per heavy atom. The summed E-state index contributed by atoms with van der Waals surface area (Å²) >= 11 is 0. The predicted molar refractivity (Wildman–Crippen MR) is 241 cm³/mol. The van der Waals surface area contributed by atoms with Crippen molar-refractivity contribution < 1.29 is 0 Å². The average Bonchev–Trinajstić information content (AvgIpc) is 3.74. The lowest BCUT2D eigenvalue weighted by molar-refractivity contribution is 0.792. The number of fused-ring (bicyclic) bond motifs is 10. The van der Waals surface area contributed by atoms with E-state index in [9.17, 15) is 0 Å². The van der Waals surface area contributed by atoms with Gasteiger partial charge in [0, 0.05) is 73.7 Å². The van der Waals surface area contributed by atoms with Gasteiger partial charge in [-0.1, -0.05) is 97.1 Å². The van der Waals surface area contributed by atoms with Crippen molar-refractivity contribution in [3.8, 4) is 22.3 Å². The summed E-state index contributed by atoms with van der Waals surface area (Å²) in [7, 11) is 8.70. The van der Waals surface area contributed by atoms with Crippen LogP contribution in [0.15, 0.2) is 194 Å². The quantitative estimate of drug-likeness (QED) is 0.154. The van der Waals surface area contributed by atoms with Crippen molar-refractivity contribution >= 4 is 45.5 Å². The Labute approximate surface area is 336 Å². The van der Waals surface area contributed by atoms with Crippen LogP contribution in [-0.4, -0.2) is 28.2 Å². The number of nitrogens with zero attached hydrogens (tertiary/aromatic N) is 4. The van der Waals surface area contributed by atoms with E-state index in [2.05, 4.69) is 242 Å². The van der Waals surface area contributed by atoms with E-state index in [1.807, 2.05) is 0 Å². The lowest BCUT2D eigenvalue weighted by atomic mass is 9.70. The number of hydrogen-bond donors (Lipinski definition) is 0. The highest BCUT2D eigenvalue weighted by Crippen LogP contribution is 2.64. The second-order valence-corrected chi connectivity index (χ2v) is 15.2. The fourth-order valence-electron chi connectivity index (χ4n) is 9.22. The smallest absolute Gasteiger partial charge is 0.0728 e. The molecule has 8 aromatic rings. The van der Waals surface area contributed by atoms with Crippen LogP contribution in [-0.2, 0) is 5.41 Å². The molecule has 1 spiro atoms. The van der Waals surface area contributed by atoms with Gasteiger partial charge in [-0.05, 0) is 142 Å². The van der Waals surface area contributed by atoms with E-state index in [4.69, 9.17) is 0 Å². The van der Waals surface area contributed by atoms with Crippen LogP contribution in [0, 0.1) is 0 Å². The zero-order valence-electron chi connectivity index (χ0n) is 32.8. The van der Waals surface area contributed by atoms with Crippen molar-refractivity contribution in [1.82, 2.24) is 0 Å². The summed E-state index contributed by atoms with van der Waals surface area (Å²) in [5.74, 6) is 0. The van der Waals surface area contributed by atoms with Gasteiger partial charge in [0.05, 0.1) is 5.41 Å². The topological polar surface area (TPSA) is 13.0 Å². The Balaban J connectivity index is 1.27. The lowest BCUT2D eigenvalue weighted by Gasteiger charge is -2.33. The molecule has 0 aliphatic heterocycles. The number of benzene rings is 8. The van der Waals surface area contributed by atoms with Crippen molar-refractivity contribution in [3.63, 3.8) is 0 Å². The molecule has 0 saturated carbocycles. The minimum Gasteiger partial charge on any atom is -0.345 e. The second kappa shape index (κ2) is 13.6. The molecule has 2 aliphatic rings. The first kappa shape index (κ1) is 34.5. The van der Waals surface area contributed by atoms with Gasteiger partial charge in [0.25, 0.3) is 0 Å². The predicted octanol–water partition coefficient (Wildman–Crippen LogP) is 13.1. The fraction of sp³-hybridized carbons (Fsp3) is 0.0943. The molecule has 0 amide bonds. The molecule has 0 atom stereocenters. The van der Waals surface area contributed by atoms with Gasteiger partial charge in [0.15, 0.2) is 0 Å². The highest BCUT2D eigenvalue weighted by Gasteiger charge is 2.52. The summed E-state index contributed by atoms with van der Waals surface area (Å²) in [5, 5.41) is 0.